The van der Waals surface area contributed by atoms with Crippen LogP contribution in [0.5, 0.6) is 0 Å². The van der Waals surface area contributed by atoms with Crippen molar-refractivity contribution >= 4 is 35.0 Å². The van der Waals surface area contributed by atoms with E-state index >= 15 is 0 Å². The Morgan fingerprint density at radius 1 is 1.15 bits per heavy atom. The fraction of sp³-hybridized carbons (Fsp3) is 0.200. The van der Waals surface area contributed by atoms with Gasteiger partial charge >= 0.3 is 0 Å². The van der Waals surface area contributed by atoms with E-state index in [4.69, 9.17) is 4.42 Å². The summed E-state index contributed by atoms with van der Waals surface area (Å²) in [5.41, 5.74) is 3.38. The first-order chi connectivity index (χ1) is 16.5. The molecule has 34 heavy (non-hydrogen) atoms. The summed E-state index contributed by atoms with van der Waals surface area (Å²) in [5, 5.41) is 11.8. The van der Waals surface area contributed by atoms with Crippen LogP contribution in [0.25, 0.3) is 11.4 Å². The Balaban J connectivity index is 1.45. The normalized spacial score (nSPS) is 13.9. The summed E-state index contributed by atoms with van der Waals surface area (Å²) in [6.45, 7) is 4.26. The number of furan rings is 1. The molecule has 0 spiro atoms. The van der Waals surface area contributed by atoms with Gasteiger partial charge in [-0.1, -0.05) is 47.7 Å². The molecule has 1 N–H and O–H groups in total. The van der Waals surface area contributed by atoms with Crippen molar-refractivity contribution in [2.45, 2.75) is 30.8 Å². The molecule has 4 aromatic rings. The van der Waals surface area contributed by atoms with E-state index < -0.39 is 5.25 Å². The lowest BCUT2D eigenvalue weighted by Gasteiger charge is -2.30. The molecule has 1 atom stereocenters. The Morgan fingerprint density at radius 3 is 2.79 bits per heavy atom. The number of aryl methyl sites for hydroxylation is 1. The molecule has 2 aromatic carbocycles. The monoisotopic (exact) mass is 473 g/mol. The van der Waals surface area contributed by atoms with E-state index in [9.17, 15) is 9.59 Å². The lowest BCUT2D eigenvalue weighted by Crippen LogP contribution is -2.45. The van der Waals surface area contributed by atoms with E-state index in [1.165, 1.54) is 16.7 Å². The third-order valence-electron chi connectivity index (χ3n) is 5.55. The van der Waals surface area contributed by atoms with Crippen molar-refractivity contribution in [1.82, 2.24) is 14.8 Å². The zero-order valence-electron chi connectivity index (χ0n) is 18.8. The van der Waals surface area contributed by atoms with Crippen LogP contribution in [0, 0.1) is 6.92 Å². The van der Waals surface area contributed by atoms with Crippen LogP contribution in [0.15, 0.2) is 76.5 Å². The van der Waals surface area contributed by atoms with Gasteiger partial charge in [-0.25, -0.2) is 0 Å². The third kappa shape index (κ3) is 4.34. The van der Waals surface area contributed by atoms with E-state index in [1.54, 1.807) is 12.3 Å². The van der Waals surface area contributed by atoms with Gasteiger partial charge in [0.05, 0.1) is 29.4 Å². The van der Waals surface area contributed by atoms with Crippen LogP contribution in [-0.4, -0.2) is 38.4 Å². The summed E-state index contributed by atoms with van der Waals surface area (Å²) >= 11 is 1.31. The summed E-state index contributed by atoms with van der Waals surface area (Å²) in [4.78, 5) is 27.1. The Kier molecular flexibility index (Phi) is 5.93. The van der Waals surface area contributed by atoms with Gasteiger partial charge in [-0.05, 0) is 44.2 Å². The van der Waals surface area contributed by atoms with Crippen LogP contribution < -0.4 is 10.2 Å². The molecular weight excluding hydrogens is 450 g/mol. The second-order valence-corrected chi connectivity index (χ2v) is 9.40. The number of rotatable bonds is 6. The fourth-order valence-corrected chi connectivity index (χ4v) is 4.84. The number of amides is 2. The Bertz CT molecular complexity index is 1350. The molecule has 0 saturated heterocycles. The number of anilines is 2. The number of benzene rings is 2. The van der Waals surface area contributed by atoms with E-state index in [0.29, 0.717) is 28.9 Å². The average molecular weight is 474 g/mol. The Hall–Kier alpha value is -3.85. The maximum atomic E-state index is 13.4. The molecule has 0 radical (unpaired) electrons. The summed E-state index contributed by atoms with van der Waals surface area (Å²) in [5.74, 6) is 1.07. The topological polar surface area (TPSA) is 93.3 Å². The van der Waals surface area contributed by atoms with Crippen molar-refractivity contribution in [3.8, 4) is 11.4 Å². The maximum Gasteiger partial charge on any atom is 0.244 e. The average Bonchev–Trinajstić information content (AvgIpc) is 3.48. The molecule has 172 valence electrons. The minimum atomic E-state index is -0.496. The van der Waals surface area contributed by atoms with Gasteiger partial charge in [0.2, 0.25) is 11.8 Å². The zero-order valence-corrected chi connectivity index (χ0v) is 19.6. The second-order valence-electron chi connectivity index (χ2n) is 8.09. The number of carbonyl (C=O) groups excluding carboxylic acids is 2. The van der Waals surface area contributed by atoms with Gasteiger partial charge in [0.1, 0.15) is 12.3 Å². The molecule has 5 rings (SSSR count). The lowest BCUT2D eigenvalue weighted by atomic mass is 10.1. The smallest absolute Gasteiger partial charge is 0.244 e. The first-order valence-corrected chi connectivity index (χ1v) is 11.8. The number of aromatic nitrogens is 3. The second kappa shape index (κ2) is 9.18. The summed E-state index contributed by atoms with van der Waals surface area (Å²) in [6.07, 6.45) is 1.63. The summed E-state index contributed by atoms with van der Waals surface area (Å²) in [6, 6.07) is 19.1. The van der Waals surface area contributed by atoms with Crippen molar-refractivity contribution in [3.05, 3.63) is 78.3 Å². The molecule has 9 heteroatoms. The molecule has 3 heterocycles. The lowest BCUT2D eigenvalue weighted by molar-refractivity contribution is -0.121. The molecule has 0 fully saturated rings. The van der Waals surface area contributed by atoms with Crippen molar-refractivity contribution in [1.29, 1.82) is 0 Å². The number of carbonyl (C=O) groups is 2. The number of nitrogens with one attached hydrogen (secondary N) is 1. The van der Waals surface area contributed by atoms with Crippen molar-refractivity contribution in [2.75, 3.05) is 16.8 Å². The van der Waals surface area contributed by atoms with Crippen LogP contribution in [0.3, 0.4) is 0 Å². The number of hydrogen-bond acceptors (Lipinski definition) is 6. The van der Waals surface area contributed by atoms with Gasteiger partial charge < -0.3 is 9.73 Å². The van der Waals surface area contributed by atoms with Crippen molar-refractivity contribution < 1.29 is 14.0 Å². The molecule has 0 aliphatic carbocycles. The zero-order chi connectivity index (χ0) is 23.7. The van der Waals surface area contributed by atoms with Gasteiger partial charge in [-0.2, -0.15) is 0 Å². The van der Waals surface area contributed by atoms with Crippen LogP contribution in [0.4, 0.5) is 11.4 Å². The minimum absolute atomic E-state index is 0.0195. The van der Waals surface area contributed by atoms with E-state index in [-0.39, 0.29) is 18.4 Å². The highest BCUT2D eigenvalue weighted by Crippen LogP contribution is 2.33. The molecule has 1 aliphatic heterocycles. The van der Waals surface area contributed by atoms with Crippen LogP contribution in [0.2, 0.25) is 0 Å². The number of fused-ring (bicyclic) bond motifs is 1. The number of hydrogen-bond donors (Lipinski definition) is 1. The first kappa shape index (κ1) is 22.0. The van der Waals surface area contributed by atoms with Crippen molar-refractivity contribution in [2.24, 2.45) is 0 Å². The SMILES string of the molecule is Cc1cccc(-c2nnc(S[C@H](C)C(=O)N3CC(=O)Nc4ccccc43)n2Cc2ccco2)c1. The highest BCUT2D eigenvalue weighted by Gasteiger charge is 2.31. The number of para-hydroxylation sites is 2. The van der Waals surface area contributed by atoms with Gasteiger partial charge in [0, 0.05) is 5.56 Å². The van der Waals surface area contributed by atoms with Gasteiger partial charge in [0.15, 0.2) is 11.0 Å². The molecule has 8 nitrogen and oxygen atoms in total. The Labute approximate surface area is 201 Å². The predicted molar refractivity (Wildman–Crippen MR) is 131 cm³/mol. The van der Waals surface area contributed by atoms with Gasteiger partial charge in [-0.3, -0.25) is 19.1 Å². The highest BCUT2D eigenvalue weighted by atomic mass is 32.2. The molecule has 2 aromatic heterocycles. The van der Waals surface area contributed by atoms with Crippen LogP contribution in [-0.2, 0) is 16.1 Å². The highest BCUT2D eigenvalue weighted by molar-refractivity contribution is 8.00. The van der Waals surface area contributed by atoms with Crippen LogP contribution in [0.1, 0.15) is 18.2 Å². The molecule has 0 saturated carbocycles. The predicted octanol–water partition coefficient (Wildman–Crippen LogP) is 4.36. The van der Waals surface area contributed by atoms with E-state index in [2.05, 4.69) is 21.6 Å². The van der Waals surface area contributed by atoms with Gasteiger partial charge in [0.25, 0.3) is 0 Å². The Morgan fingerprint density at radius 2 is 2.00 bits per heavy atom. The molecule has 2 amide bonds. The fourth-order valence-electron chi connectivity index (χ4n) is 3.93. The van der Waals surface area contributed by atoms with E-state index in [0.717, 1.165) is 16.9 Å². The standard InChI is InChI=1S/C25H23N5O3S/c1-16-7-5-8-18(13-16)23-27-28-25(30(23)14-19-9-6-12-33-19)34-17(2)24(32)29-15-22(31)26-20-10-3-4-11-21(20)29/h3-13,17H,14-15H2,1-2H3,(H,26,31)/t17-/m1/s1. The largest absolute Gasteiger partial charge is 0.467 e. The van der Waals surface area contributed by atoms with Crippen molar-refractivity contribution in [3.63, 3.8) is 0 Å². The summed E-state index contributed by atoms with van der Waals surface area (Å²) < 4.78 is 7.53. The minimum Gasteiger partial charge on any atom is -0.467 e. The van der Waals surface area contributed by atoms with Gasteiger partial charge in [-0.15, -0.1) is 10.2 Å². The third-order valence-corrected chi connectivity index (χ3v) is 6.62. The van der Waals surface area contributed by atoms with Crippen LogP contribution >= 0.6 is 11.8 Å². The number of nitrogens with zero attached hydrogens (tertiary/aromatic N) is 4. The number of thioether (sulfide) groups is 1. The molecule has 0 bridgehead atoms. The summed E-state index contributed by atoms with van der Waals surface area (Å²) in [7, 11) is 0. The molecule has 1 aliphatic rings. The van der Waals surface area contributed by atoms with E-state index in [1.807, 2.05) is 66.9 Å². The first-order valence-electron chi connectivity index (χ1n) is 10.9. The maximum absolute atomic E-state index is 13.4. The molecular formula is C25H23N5O3S. The molecule has 0 unspecified atom stereocenters. The quantitative estimate of drug-likeness (QED) is 0.418.